The van der Waals surface area contributed by atoms with Crippen molar-refractivity contribution in [2.75, 3.05) is 5.73 Å². The summed E-state index contributed by atoms with van der Waals surface area (Å²) in [6.07, 6.45) is -1.56. The Kier molecular flexibility index (Phi) is 2.48. The second kappa shape index (κ2) is 3.85. The maximum atomic E-state index is 13.2. The first kappa shape index (κ1) is 12.3. The fraction of sp³-hybridized carbons (Fsp3) is 0.500. The molecule has 1 saturated carbocycles. The van der Waals surface area contributed by atoms with E-state index in [0.717, 1.165) is 0 Å². The first-order chi connectivity index (χ1) is 8.88. The molecular formula is C12H13F3N4. The van der Waals surface area contributed by atoms with Gasteiger partial charge in [-0.1, -0.05) is 0 Å². The molecule has 2 N–H and O–H groups in total. The number of nitrogens with zero attached hydrogens (tertiary/aromatic N) is 3. The minimum absolute atomic E-state index is 0.00333. The molecule has 7 heteroatoms. The van der Waals surface area contributed by atoms with Gasteiger partial charge in [0.15, 0.2) is 5.65 Å². The summed E-state index contributed by atoms with van der Waals surface area (Å²) in [5.74, 6) is -1.70. The van der Waals surface area contributed by atoms with Gasteiger partial charge >= 0.3 is 6.18 Å². The van der Waals surface area contributed by atoms with Crippen LogP contribution in [-0.4, -0.2) is 20.8 Å². The Labute approximate surface area is 107 Å². The summed E-state index contributed by atoms with van der Waals surface area (Å²) in [4.78, 5) is 4.12. The zero-order valence-corrected chi connectivity index (χ0v) is 10.3. The molecule has 0 unspecified atom stereocenters. The molecule has 0 aliphatic heterocycles. The first-order valence-corrected chi connectivity index (χ1v) is 6.05. The average Bonchev–Trinajstić information content (AvgIpc) is 3.02. The van der Waals surface area contributed by atoms with Crippen molar-refractivity contribution in [1.82, 2.24) is 14.6 Å². The average molecular weight is 270 g/mol. The SMILES string of the molecule is Cc1cnn2c(N)cc([C@@H](C3CC3)C(F)(F)F)nc12. The van der Waals surface area contributed by atoms with Crippen LogP contribution in [0.25, 0.3) is 5.65 Å². The molecule has 2 aromatic rings. The summed E-state index contributed by atoms with van der Waals surface area (Å²) in [5.41, 5.74) is 6.88. The van der Waals surface area contributed by atoms with Crippen molar-refractivity contribution in [1.29, 1.82) is 0 Å². The normalized spacial score (nSPS) is 17.9. The fourth-order valence-electron chi connectivity index (χ4n) is 2.38. The number of nitrogen functional groups attached to an aromatic ring is 1. The lowest BCUT2D eigenvalue weighted by Gasteiger charge is -2.19. The summed E-state index contributed by atoms with van der Waals surface area (Å²) >= 11 is 0. The minimum atomic E-state index is -4.28. The molecule has 4 nitrogen and oxygen atoms in total. The summed E-state index contributed by atoms with van der Waals surface area (Å²) in [7, 11) is 0. The minimum Gasteiger partial charge on any atom is -0.384 e. The molecule has 2 aromatic heterocycles. The number of aromatic nitrogens is 3. The Morgan fingerprint density at radius 2 is 2.11 bits per heavy atom. The number of nitrogens with two attached hydrogens (primary N) is 1. The van der Waals surface area contributed by atoms with E-state index in [1.165, 1.54) is 10.6 Å². The Bertz CT molecular complexity index is 628. The standard InChI is InChI=1S/C12H13F3N4/c1-6-5-17-19-9(16)4-8(18-11(6)19)10(7-2-3-7)12(13,14)15/h4-5,7,10H,2-3,16H2,1H3/t10-/m1/s1. The van der Waals surface area contributed by atoms with Crippen molar-refractivity contribution >= 4 is 11.5 Å². The van der Waals surface area contributed by atoms with Gasteiger partial charge in [0.2, 0.25) is 0 Å². The number of aryl methyl sites for hydroxylation is 1. The molecule has 2 heterocycles. The van der Waals surface area contributed by atoms with Gasteiger partial charge in [0.25, 0.3) is 0 Å². The van der Waals surface area contributed by atoms with Crippen LogP contribution in [0.1, 0.15) is 30.0 Å². The number of hydrogen-bond donors (Lipinski definition) is 1. The van der Waals surface area contributed by atoms with E-state index < -0.39 is 12.1 Å². The molecule has 19 heavy (non-hydrogen) atoms. The van der Waals surface area contributed by atoms with Crippen molar-refractivity contribution in [3.63, 3.8) is 0 Å². The van der Waals surface area contributed by atoms with Gasteiger partial charge in [-0.15, -0.1) is 0 Å². The largest absolute Gasteiger partial charge is 0.397 e. The number of rotatable bonds is 2. The summed E-state index contributed by atoms with van der Waals surface area (Å²) in [5, 5.41) is 3.99. The van der Waals surface area contributed by atoms with Crippen molar-refractivity contribution in [3.8, 4) is 0 Å². The molecule has 0 bridgehead atoms. The van der Waals surface area contributed by atoms with Crippen LogP contribution in [0.2, 0.25) is 0 Å². The Morgan fingerprint density at radius 3 is 2.68 bits per heavy atom. The van der Waals surface area contributed by atoms with Gasteiger partial charge in [0, 0.05) is 11.6 Å². The molecule has 0 aromatic carbocycles. The van der Waals surface area contributed by atoms with Crippen LogP contribution in [0.15, 0.2) is 12.3 Å². The second-order valence-electron chi connectivity index (χ2n) is 5.03. The van der Waals surface area contributed by atoms with Crippen LogP contribution in [0, 0.1) is 12.8 Å². The van der Waals surface area contributed by atoms with E-state index >= 15 is 0 Å². The first-order valence-electron chi connectivity index (χ1n) is 6.05. The van der Waals surface area contributed by atoms with Gasteiger partial charge in [0.1, 0.15) is 11.7 Å². The fourth-order valence-corrected chi connectivity index (χ4v) is 2.38. The Balaban J connectivity index is 2.15. The highest BCUT2D eigenvalue weighted by atomic mass is 19.4. The maximum Gasteiger partial charge on any atom is 0.397 e. The van der Waals surface area contributed by atoms with Crippen molar-refractivity contribution in [3.05, 3.63) is 23.5 Å². The molecule has 1 fully saturated rings. The van der Waals surface area contributed by atoms with Gasteiger partial charge in [-0.3, -0.25) is 0 Å². The molecular weight excluding hydrogens is 257 g/mol. The third kappa shape index (κ3) is 2.02. The molecule has 1 aliphatic rings. The van der Waals surface area contributed by atoms with E-state index in [9.17, 15) is 13.2 Å². The zero-order chi connectivity index (χ0) is 13.8. The molecule has 0 radical (unpaired) electrons. The molecule has 3 rings (SSSR count). The van der Waals surface area contributed by atoms with Gasteiger partial charge in [0.05, 0.1) is 11.9 Å². The van der Waals surface area contributed by atoms with Crippen molar-refractivity contribution in [2.45, 2.75) is 31.9 Å². The summed E-state index contributed by atoms with van der Waals surface area (Å²) in [6, 6.07) is 1.29. The molecule has 1 aliphatic carbocycles. The van der Waals surface area contributed by atoms with E-state index in [0.29, 0.717) is 24.1 Å². The lowest BCUT2D eigenvalue weighted by Crippen LogP contribution is -2.24. The van der Waals surface area contributed by atoms with Gasteiger partial charge in [-0.25, -0.2) is 4.98 Å². The highest BCUT2D eigenvalue weighted by molar-refractivity contribution is 5.52. The molecule has 1 atom stereocenters. The van der Waals surface area contributed by atoms with Crippen LogP contribution in [0.4, 0.5) is 19.0 Å². The lowest BCUT2D eigenvalue weighted by atomic mass is 9.98. The van der Waals surface area contributed by atoms with E-state index in [4.69, 9.17) is 5.73 Å². The topological polar surface area (TPSA) is 56.2 Å². The monoisotopic (exact) mass is 270 g/mol. The maximum absolute atomic E-state index is 13.2. The van der Waals surface area contributed by atoms with E-state index in [1.54, 1.807) is 13.1 Å². The molecule has 0 saturated heterocycles. The number of halogens is 3. The van der Waals surface area contributed by atoms with Crippen LogP contribution in [0.5, 0.6) is 0 Å². The summed E-state index contributed by atoms with van der Waals surface area (Å²) < 4.78 is 40.8. The van der Waals surface area contributed by atoms with Gasteiger partial charge in [-0.2, -0.15) is 22.8 Å². The molecule has 0 amide bonds. The third-order valence-electron chi connectivity index (χ3n) is 3.46. The summed E-state index contributed by atoms with van der Waals surface area (Å²) in [6.45, 7) is 1.75. The highest BCUT2D eigenvalue weighted by Crippen LogP contribution is 2.50. The zero-order valence-electron chi connectivity index (χ0n) is 10.3. The smallest absolute Gasteiger partial charge is 0.384 e. The second-order valence-corrected chi connectivity index (χ2v) is 5.03. The highest BCUT2D eigenvalue weighted by Gasteiger charge is 2.50. The number of hydrogen-bond acceptors (Lipinski definition) is 3. The predicted octanol–water partition coefficient (Wildman–Crippen LogP) is 2.68. The van der Waals surface area contributed by atoms with Crippen LogP contribution in [-0.2, 0) is 0 Å². The third-order valence-corrected chi connectivity index (χ3v) is 3.46. The van der Waals surface area contributed by atoms with Crippen molar-refractivity contribution < 1.29 is 13.2 Å². The Morgan fingerprint density at radius 1 is 1.42 bits per heavy atom. The quantitative estimate of drug-likeness (QED) is 0.912. The van der Waals surface area contributed by atoms with Gasteiger partial charge < -0.3 is 5.73 Å². The van der Waals surface area contributed by atoms with E-state index in [1.807, 2.05) is 0 Å². The lowest BCUT2D eigenvalue weighted by molar-refractivity contribution is -0.155. The number of anilines is 1. The van der Waals surface area contributed by atoms with Crippen LogP contribution < -0.4 is 5.73 Å². The van der Waals surface area contributed by atoms with Crippen molar-refractivity contribution in [2.24, 2.45) is 5.92 Å². The van der Waals surface area contributed by atoms with E-state index in [-0.39, 0.29) is 17.4 Å². The predicted molar refractivity (Wildman–Crippen MR) is 63.7 cm³/mol. The Hall–Kier alpha value is -1.79. The molecule has 102 valence electrons. The van der Waals surface area contributed by atoms with Crippen LogP contribution >= 0.6 is 0 Å². The number of fused-ring (bicyclic) bond motifs is 1. The molecule has 0 spiro atoms. The van der Waals surface area contributed by atoms with Gasteiger partial charge in [-0.05, 0) is 25.7 Å². The van der Waals surface area contributed by atoms with Crippen LogP contribution in [0.3, 0.4) is 0 Å². The number of alkyl halides is 3. The van der Waals surface area contributed by atoms with E-state index in [2.05, 4.69) is 10.1 Å².